The van der Waals surface area contributed by atoms with Crippen LogP contribution < -0.4 is 0 Å². The molecular weight excluding hydrogens is 356 g/mol. The van der Waals surface area contributed by atoms with Crippen LogP contribution >= 0.6 is 0 Å². The molecule has 2 rings (SSSR count). The van der Waals surface area contributed by atoms with Crippen molar-refractivity contribution < 1.29 is 23.7 Å². The van der Waals surface area contributed by atoms with Crippen molar-refractivity contribution in [1.29, 1.82) is 0 Å². The van der Waals surface area contributed by atoms with Gasteiger partial charge in [0.15, 0.2) is 0 Å². The summed E-state index contributed by atoms with van der Waals surface area (Å²) in [6.45, 7) is 9.79. The van der Waals surface area contributed by atoms with E-state index in [-0.39, 0.29) is 6.10 Å². The Hall–Kier alpha value is -0.460. The molecule has 1 aliphatic carbocycles. The summed E-state index contributed by atoms with van der Waals surface area (Å²) < 4.78 is 28.8. The van der Waals surface area contributed by atoms with Crippen molar-refractivity contribution in [2.24, 2.45) is 17.8 Å². The number of rotatable bonds is 10. The van der Waals surface area contributed by atoms with Crippen LogP contribution in [0.5, 0.6) is 0 Å². The molecular formula is C23H42O5. The molecule has 0 amide bonds. The second-order valence-electron chi connectivity index (χ2n) is 8.66. The van der Waals surface area contributed by atoms with Gasteiger partial charge in [0.1, 0.15) is 6.10 Å². The van der Waals surface area contributed by atoms with Gasteiger partial charge in [0.25, 0.3) is 0 Å². The van der Waals surface area contributed by atoms with E-state index in [9.17, 15) is 0 Å². The zero-order chi connectivity index (χ0) is 20.2. The van der Waals surface area contributed by atoms with E-state index >= 15 is 0 Å². The van der Waals surface area contributed by atoms with E-state index in [2.05, 4.69) is 13.5 Å². The van der Waals surface area contributed by atoms with Crippen molar-refractivity contribution in [2.75, 3.05) is 47.3 Å². The summed E-state index contributed by atoms with van der Waals surface area (Å²) in [6.07, 6.45) is 10.6. The van der Waals surface area contributed by atoms with Gasteiger partial charge in [-0.2, -0.15) is 0 Å². The van der Waals surface area contributed by atoms with E-state index < -0.39 is 0 Å². The minimum absolute atomic E-state index is 0.209. The van der Waals surface area contributed by atoms with Crippen LogP contribution in [-0.2, 0) is 23.7 Å². The van der Waals surface area contributed by atoms with Crippen LogP contribution in [0.3, 0.4) is 0 Å². The minimum atomic E-state index is 0.209. The van der Waals surface area contributed by atoms with Gasteiger partial charge in [-0.3, -0.25) is 0 Å². The summed E-state index contributed by atoms with van der Waals surface area (Å²) in [7, 11) is 3.70. The molecule has 2 fully saturated rings. The van der Waals surface area contributed by atoms with Crippen LogP contribution in [0.1, 0.15) is 51.9 Å². The van der Waals surface area contributed by atoms with E-state index in [0.717, 1.165) is 58.5 Å². The third-order valence-corrected chi connectivity index (χ3v) is 6.19. The molecule has 0 spiro atoms. The predicted octanol–water partition coefficient (Wildman–Crippen LogP) is 4.25. The SMILES string of the molecule is C=CCOCC1CCC(C)CC(OC)CCCC(COCC2CO2)CC1OC. The van der Waals surface area contributed by atoms with Crippen molar-refractivity contribution in [3.8, 4) is 0 Å². The fourth-order valence-electron chi connectivity index (χ4n) is 4.32. The van der Waals surface area contributed by atoms with E-state index in [1.54, 1.807) is 0 Å². The zero-order valence-electron chi connectivity index (χ0n) is 18.3. The minimum Gasteiger partial charge on any atom is -0.381 e. The lowest BCUT2D eigenvalue weighted by molar-refractivity contribution is -0.0252. The van der Waals surface area contributed by atoms with Gasteiger partial charge in [0.05, 0.1) is 38.6 Å². The van der Waals surface area contributed by atoms with Crippen LogP contribution in [0.2, 0.25) is 0 Å². The maximum atomic E-state index is 5.98. The molecule has 1 heterocycles. The highest BCUT2D eigenvalue weighted by Gasteiger charge is 2.28. The van der Waals surface area contributed by atoms with Crippen LogP contribution in [-0.4, -0.2) is 65.6 Å². The second kappa shape index (κ2) is 13.7. The average Bonchev–Trinajstić information content (AvgIpc) is 3.51. The molecule has 164 valence electrons. The standard InChI is InChI=1S/C23H42O5/c1-5-11-26-15-20-10-9-18(2)12-21(24-3)8-6-7-19(13-23(20)25-4)14-27-16-22-17-28-22/h5,18-23H,1,6-17H2,2-4H3. The highest BCUT2D eigenvalue weighted by atomic mass is 16.6. The van der Waals surface area contributed by atoms with E-state index in [4.69, 9.17) is 23.7 Å². The van der Waals surface area contributed by atoms with Crippen molar-refractivity contribution >= 4 is 0 Å². The third-order valence-electron chi connectivity index (χ3n) is 6.19. The van der Waals surface area contributed by atoms with Gasteiger partial charge in [0, 0.05) is 26.7 Å². The molecule has 0 aromatic rings. The topological polar surface area (TPSA) is 49.5 Å². The van der Waals surface area contributed by atoms with Crippen molar-refractivity contribution in [1.82, 2.24) is 0 Å². The number of ether oxygens (including phenoxy) is 5. The lowest BCUT2D eigenvalue weighted by Crippen LogP contribution is -2.32. The Morgan fingerprint density at radius 3 is 2.46 bits per heavy atom. The second-order valence-corrected chi connectivity index (χ2v) is 8.66. The molecule has 5 nitrogen and oxygen atoms in total. The summed E-state index contributed by atoms with van der Waals surface area (Å²) in [6, 6.07) is 0. The van der Waals surface area contributed by atoms with Crippen molar-refractivity contribution in [3.63, 3.8) is 0 Å². The molecule has 0 aromatic heterocycles. The van der Waals surface area contributed by atoms with Gasteiger partial charge in [-0.15, -0.1) is 6.58 Å². The fraction of sp³-hybridized carbons (Fsp3) is 0.913. The third kappa shape index (κ3) is 9.36. The van der Waals surface area contributed by atoms with Gasteiger partial charge in [-0.05, 0) is 43.9 Å². The lowest BCUT2D eigenvalue weighted by atomic mass is 9.83. The molecule has 5 heteroatoms. The number of hydrogen-bond acceptors (Lipinski definition) is 5. The first kappa shape index (κ1) is 23.8. The molecule has 0 bridgehead atoms. The first-order valence-corrected chi connectivity index (χ1v) is 11.1. The Bertz CT molecular complexity index is 412. The lowest BCUT2D eigenvalue weighted by Gasteiger charge is -2.31. The molecule has 1 aliphatic heterocycles. The van der Waals surface area contributed by atoms with Crippen LogP contribution in [0.4, 0.5) is 0 Å². The molecule has 1 saturated carbocycles. The van der Waals surface area contributed by atoms with Gasteiger partial charge in [-0.1, -0.05) is 25.8 Å². The highest BCUT2D eigenvalue weighted by Crippen LogP contribution is 2.29. The summed E-state index contributed by atoms with van der Waals surface area (Å²) in [4.78, 5) is 0. The fourth-order valence-corrected chi connectivity index (χ4v) is 4.32. The maximum absolute atomic E-state index is 5.98. The number of methoxy groups -OCH3 is 2. The first-order chi connectivity index (χ1) is 13.7. The Kier molecular flexibility index (Phi) is 11.7. The largest absolute Gasteiger partial charge is 0.381 e. The molecule has 2 aliphatic rings. The molecule has 0 N–H and O–H groups in total. The zero-order valence-corrected chi connectivity index (χ0v) is 18.3. The van der Waals surface area contributed by atoms with E-state index in [1.807, 2.05) is 20.3 Å². The van der Waals surface area contributed by atoms with Crippen LogP contribution in [0, 0.1) is 17.8 Å². The number of hydrogen-bond donors (Lipinski definition) is 0. The molecule has 1 saturated heterocycles. The van der Waals surface area contributed by atoms with Crippen molar-refractivity contribution in [3.05, 3.63) is 12.7 Å². The maximum Gasteiger partial charge on any atom is 0.104 e. The van der Waals surface area contributed by atoms with Crippen LogP contribution in [0.25, 0.3) is 0 Å². The van der Waals surface area contributed by atoms with Gasteiger partial charge in [-0.25, -0.2) is 0 Å². The quantitative estimate of drug-likeness (QED) is 0.313. The van der Waals surface area contributed by atoms with Gasteiger partial charge < -0.3 is 23.7 Å². The molecule has 0 radical (unpaired) electrons. The van der Waals surface area contributed by atoms with Gasteiger partial charge >= 0.3 is 0 Å². The van der Waals surface area contributed by atoms with Gasteiger partial charge in [0.2, 0.25) is 0 Å². The molecule has 6 unspecified atom stereocenters. The summed E-state index contributed by atoms with van der Waals surface area (Å²) in [5, 5.41) is 0. The predicted molar refractivity (Wildman–Crippen MR) is 112 cm³/mol. The highest BCUT2D eigenvalue weighted by molar-refractivity contribution is 4.79. The normalized spacial score (nSPS) is 35.0. The summed E-state index contributed by atoms with van der Waals surface area (Å²) in [5.74, 6) is 1.56. The van der Waals surface area contributed by atoms with Crippen molar-refractivity contribution in [2.45, 2.75) is 70.2 Å². The Morgan fingerprint density at radius 1 is 0.964 bits per heavy atom. The Labute approximate surface area is 172 Å². The summed E-state index contributed by atoms with van der Waals surface area (Å²) >= 11 is 0. The monoisotopic (exact) mass is 398 g/mol. The van der Waals surface area contributed by atoms with E-state index in [1.165, 1.54) is 12.8 Å². The first-order valence-electron chi connectivity index (χ1n) is 11.1. The molecule has 28 heavy (non-hydrogen) atoms. The smallest absolute Gasteiger partial charge is 0.104 e. The number of epoxide rings is 1. The molecule has 6 atom stereocenters. The summed E-state index contributed by atoms with van der Waals surface area (Å²) in [5.41, 5.74) is 0. The Balaban J connectivity index is 1.99. The molecule has 0 aromatic carbocycles. The van der Waals surface area contributed by atoms with Crippen LogP contribution in [0.15, 0.2) is 12.7 Å². The average molecular weight is 399 g/mol. The van der Waals surface area contributed by atoms with E-state index in [0.29, 0.717) is 36.6 Å². The Morgan fingerprint density at radius 2 is 1.79 bits per heavy atom.